The fourth-order valence-electron chi connectivity index (χ4n) is 2.43. The Balaban J connectivity index is 1.92. The number of benzene rings is 1. The Morgan fingerprint density at radius 3 is 2.74 bits per heavy atom. The molecular formula is C20H16ClNO4S. The molecule has 0 radical (unpaired) electrons. The Hall–Kier alpha value is -2.83. The van der Waals surface area contributed by atoms with Crippen molar-refractivity contribution in [2.24, 2.45) is 0 Å². The first kappa shape index (κ1) is 18.9. The SMILES string of the molecule is CCOC(=O)c1c(-c2ccccc2Cl)csc1NC(=O)/C=C\c1ccco1. The Labute approximate surface area is 165 Å². The molecular weight excluding hydrogens is 386 g/mol. The van der Waals surface area contributed by atoms with Gasteiger partial charge in [0.15, 0.2) is 0 Å². The third-order valence-electron chi connectivity index (χ3n) is 3.61. The molecule has 0 saturated carbocycles. The molecule has 0 aliphatic heterocycles. The summed E-state index contributed by atoms with van der Waals surface area (Å²) in [4.78, 5) is 24.8. The topological polar surface area (TPSA) is 68.5 Å². The van der Waals surface area contributed by atoms with E-state index in [0.29, 0.717) is 26.9 Å². The maximum Gasteiger partial charge on any atom is 0.341 e. The second-order valence-electron chi connectivity index (χ2n) is 5.39. The summed E-state index contributed by atoms with van der Waals surface area (Å²) in [5, 5.41) is 5.42. The number of amides is 1. The molecule has 0 atom stereocenters. The Morgan fingerprint density at radius 2 is 2.04 bits per heavy atom. The number of anilines is 1. The lowest BCUT2D eigenvalue weighted by Crippen LogP contribution is -2.12. The number of hydrogen-bond acceptors (Lipinski definition) is 5. The van der Waals surface area contributed by atoms with Crippen LogP contribution >= 0.6 is 22.9 Å². The number of carbonyl (C=O) groups is 2. The zero-order valence-electron chi connectivity index (χ0n) is 14.4. The van der Waals surface area contributed by atoms with Crippen LogP contribution in [0, 0.1) is 0 Å². The molecule has 0 spiro atoms. The zero-order valence-corrected chi connectivity index (χ0v) is 16.0. The minimum Gasteiger partial charge on any atom is -0.465 e. The second-order valence-corrected chi connectivity index (χ2v) is 6.68. The molecule has 0 aliphatic rings. The lowest BCUT2D eigenvalue weighted by atomic mass is 10.0. The van der Waals surface area contributed by atoms with E-state index in [9.17, 15) is 9.59 Å². The van der Waals surface area contributed by atoms with Gasteiger partial charge in [0.2, 0.25) is 5.91 Å². The lowest BCUT2D eigenvalue weighted by Gasteiger charge is -2.08. The smallest absolute Gasteiger partial charge is 0.341 e. The van der Waals surface area contributed by atoms with Crippen molar-refractivity contribution in [2.45, 2.75) is 6.92 Å². The Kier molecular flexibility index (Phi) is 6.11. The van der Waals surface area contributed by atoms with Gasteiger partial charge >= 0.3 is 5.97 Å². The lowest BCUT2D eigenvalue weighted by molar-refractivity contribution is -0.111. The molecule has 1 amide bonds. The van der Waals surface area contributed by atoms with Crippen LogP contribution in [0.4, 0.5) is 5.00 Å². The highest BCUT2D eigenvalue weighted by Crippen LogP contribution is 2.39. The van der Waals surface area contributed by atoms with Crippen LogP contribution in [-0.4, -0.2) is 18.5 Å². The number of hydrogen-bond donors (Lipinski definition) is 1. The molecule has 2 aromatic heterocycles. The maximum absolute atomic E-state index is 12.5. The van der Waals surface area contributed by atoms with Gasteiger partial charge in [-0.3, -0.25) is 4.79 Å². The van der Waals surface area contributed by atoms with Crippen molar-refractivity contribution in [2.75, 3.05) is 11.9 Å². The number of ether oxygens (including phenoxy) is 1. The van der Waals surface area contributed by atoms with Crippen LogP contribution in [-0.2, 0) is 9.53 Å². The van der Waals surface area contributed by atoms with Gasteiger partial charge in [-0.25, -0.2) is 4.79 Å². The highest BCUT2D eigenvalue weighted by Gasteiger charge is 2.23. The summed E-state index contributed by atoms with van der Waals surface area (Å²) in [6.45, 7) is 1.95. The van der Waals surface area contributed by atoms with E-state index >= 15 is 0 Å². The monoisotopic (exact) mass is 401 g/mol. The van der Waals surface area contributed by atoms with Gasteiger partial charge in [0.1, 0.15) is 16.3 Å². The van der Waals surface area contributed by atoms with Crippen LogP contribution in [0.3, 0.4) is 0 Å². The molecule has 1 aromatic carbocycles. The predicted molar refractivity (Wildman–Crippen MR) is 107 cm³/mol. The van der Waals surface area contributed by atoms with Gasteiger partial charge in [0.05, 0.1) is 12.9 Å². The molecule has 27 heavy (non-hydrogen) atoms. The van der Waals surface area contributed by atoms with Gasteiger partial charge in [-0.1, -0.05) is 29.8 Å². The molecule has 0 unspecified atom stereocenters. The normalized spacial score (nSPS) is 10.9. The molecule has 5 nitrogen and oxygen atoms in total. The summed E-state index contributed by atoms with van der Waals surface area (Å²) in [5.74, 6) is -0.345. The van der Waals surface area contributed by atoms with Crippen molar-refractivity contribution in [3.8, 4) is 11.1 Å². The summed E-state index contributed by atoms with van der Waals surface area (Å²) < 4.78 is 10.3. The first-order valence-corrected chi connectivity index (χ1v) is 9.42. The minimum absolute atomic E-state index is 0.225. The third kappa shape index (κ3) is 4.48. The van der Waals surface area contributed by atoms with Gasteiger partial charge < -0.3 is 14.5 Å². The van der Waals surface area contributed by atoms with Gasteiger partial charge in [-0.15, -0.1) is 11.3 Å². The van der Waals surface area contributed by atoms with Crippen LogP contribution in [0.2, 0.25) is 5.02 Å². The largest absolute Gasteiger partial charge is 0.465 e. The quantitative estimate of drug-likeness (QED) is 0.438. The van der Waals surface area contributed by atoms with E-state index in [1.54, 1.807) is 36.6 Å². The van der Waals surface area contributed by atoms with E-state index in [0.717, 1.165) is 0 Å². The standard InChI is InChI=1S/C20H16ClNO4S/c1-2-25-20(24)18-15(14-7-3-4-8-16(14)21)12-27-19(18)22-17(23)10-9-13-6-5-11-26-13/h3-12H,2H2,1H3,(H,22,23)/b10-9-. The summed E-state index contributed by atoms with van der Waals surface area (Å²) in [6, 6.07) is 10.7. The van der Waals surface area contributed by atoms with E-state index in [2.05, 4.69) is 5.32 Å². The van der Waals surface area contributed by atoms with Gasteiger partial charge in [0.25, 0.3) is 0 Å². The first-order valence-electron chi connectivity index (χ1n) is 8.16. The molecule has 3 aromatic rings. The summed E-state index contributed by atoms with van der Waals surface area (Å²) >= 11 is 7.51. The first-order chi connectivity index (χ1) is 13.1. The van der Waals surface area contributed by atoms with Gasteiger partial charge in [-0.05, 0) is 31.2 Å². The number of carbonyl (C=O) groups excluding carboxylic acids is 2. The number of nitrogens with one attached hydrogen (secondary N) is 1. The minimum atomic E-state index is -0.515. The molecule has 2 heterocycles. The summed E-state index contributed by atoms with van der Waals surface area (Å²) in [6.07, 6.45) is 4.40. The van der Waals surface area contributed by atoms with Crippen molar-refractivity contribution in [3.63, 3.8) is 0 Å². The summed E-state index contributed by atoms with van der Waals surface area (Å²) in [7, 11) is 0. The zero-order chi connectivity index (χ0) is 19.2. The maximum atomic E-state index is 12.5. The Morgan fingerprint density at radius 1 is 1.22 bits per heavy atom. The van der Waals surface area contributed by atoms with Crippen LogP contribution in [0.1, 0.15) is 23.0 Å². The average molecular weight is 402 g/mol. The number of rotatable bonds is 6. The third-order valence-corrected chi connectivity index (χ3v) is 4.84. The van der Waals surface area contributed by atoms with Crippen molar-refractivity contribution < 1.29 is 18.7 Å². The number of thiophene rings is 1. The van der Waals surface area contributed by atoms with Crippen molar-refractivity contribution in [1.82, 2.24) is 0 Å². The van der Waals surface area contributed by atoms with E-state index in [1.165, 1.54) is 23.7 Å². The predicted octanol–water partition coefficient (Wildman–Crippen LogP) is 5.49. The van der Waals surface area contributed by atoms with E-state index in [1.807, 2.05) is 18.2 Å². The van der Waals surface area contributed by atoms with Crippen LogP contribution in [0.5, 0.6) is 0 Å². The molecule has 0 saturated heterocycles. The molecule has 1 N–H and O–H groups in total. The molecule has 0 bridgehead atoms. The van der Waals surface area contributed by atoms with Gasteiger partial charge in [-0.2, -0.15) is 0 Å². The highest BCUT2D eigenvalue weighted by molar-refractivity contribution is 7.15. The van der Waals surface area contributed by atoms with Crippen LogP contribution in [0.15, 0.2) is 58.5 Å². The number of furan rings is 1. The van der Waals surface area contributed by atoms with E-state index < -0.39 is 5.97 Å². The highest BCUT2D eigenvalue weighted by atomic mass is 35.5. The average Bonchev–Trinajstić information content (AvgIpc) is 3.30. The van der Waals surface area contributed by atoms with Crippen molar-refractivity contribution in [1.29, 1.82) is 0 Å². The van der Waals surface area contributed by atoms with Gasteiger partial charge in [0, 0.05) is 27.6 Å². The summed E-state index contributed by atoms with van der Waals surface area (Å²) in [5.41, 5.74) is 1.61. The van der Waals surface area contributed by atoms with Crippen molar-refractivity contribution >= 4 is 45.9 Å². The molecule has 0 aliphatic carbocycles. The van der Waals surface area contributed by atoms with E-state index in [-0.39, 0.29) is 18.1 Å². The number of esters is 1. The fourth-order valence-corrected chi connectivity index (χ4v) is 3.62. The molecule has 7 heteroatoms. The Bertz CT molecular complexity index is 976. The van der Waals surface area contributed by atoms with Crippen molar-refractivity contribution in [3.05, 3.63) is 70.5 Å². The van der Waals surface area contributed by atoms with E-state index in [4.69, 9.17) is 20.8 Å². The molecule has 3 rings (SSSR count). The molecule has 0 fully saturated rings. The number of halogens is 1. The van der Waals surface area contributed by atoms with Crippen LogP contribution in [0.25, 0.3) is 17.2 Å². The fraction of sp³-hybridized carbons (Fsp3) is 0.100. The van der Waals surface area contributed by atoms with Crippen LogP contribution < -0.4 is 5.32 Å². The molecule has 138 valence electrons. The second kappa shape index (κ2) is 8.70.